The summed E-state index contributed by atoms with van der Waals surface area (Å²) in [6.45, 7) is 0.623. The molecule has 8 aromatic rings. The van der Waals surface area contributed by atoms with Crippen LogP contribution in [0.4, 0.5) is 0 Å². The maximum absolute atomic E-state index is 6.51. The molecule has 1 unspecified atom stereocenters. The molecule has 1 atom stereocenters. The van der Waals surface area contributed by atoms with Crippen LogP contribution < -0.4 is 10.6 Å². The molecular weight excluding hydrogens is 615 g/mol. The van der Waals surface area contributed by atoms with Gasteiger partial charge in [0.05, 0.1) is 28.8 Å². The Labute approximate surface area is 288 Å². The third kappa shape index (κ3) is 4.57. The first-order valence-corrected chi connectivity index (χ1v) is 16.9. The molecule has 0 radical (unpaired) electrons. The molecule has 0 fully saturated rings. The summed E-state index contributed by atoms with van der Waals surface area (Å²) in [6.07, 6.45) is 3.74. The van der Waals surface area contributed by atoms with E-state index in [1.807, 2.05) is 30.5 Å². The highest BCUT2D eigenvalue weighted by Gasteiger charge is 2.29. The largest absolute Gasteiger partial charge is 0.459 e. The van der Waals surface area contributed by atoms with Gasteiger partial charge in [0.15, 0.2) is 5.84 Å². The van der Waals surface area contributed by atoms with Crippen LogP contribution in [0.15, 0.2) is 166 Å². The highest BCUT2D eigenvalue weighted by atomic mass is 16.3. The van der Waals surface area contributed by atoms with Gasteiger partial charge in [-0.1, -0.05) is 121 Å². The lowest BCUT2D eigenvalue weighted by Gasteiger charge is -2.26. The summed E-state index contributed by atoms with van der Waals surface area (Å²) in [7, 11) is 0. The Kier molecular flexibility index (Phi) is 6.52. The molecular formula is C44H31N5O. The lowest BCUT2D eigenvalue weighted by atomic mass is 9.98. The van der Waals surface area contributed by atoms with E-state index in [0.29, 0.717) is 12.4 Å². The minimum Gasteiger partial charge on any atom is -0.459 e. The van der Waals surface area contributed by atoms with Crippen molar-refractivity contribution < 1.29 is 4.42 Å². The van der Waals surface area contributed by atoms with Crippen LogP contribution in [0.5, 0.6) is 0 Å². The van der Waals surface area contributed by atoms with Gasteiger partial charge in [-0.05, 0) is 53.2 Å². The maximum atomic E-state index is 6.51. The van der Waals surface area contributed by atoms with Gasteiger partial charge in [0.25, 0.3) is 0 Å². The first-order valence-electron chi connectivity index (χ1n) is 16.9. The van der Waals surface area contributed by atoms with E-state index in [2.05, 4.69) is 143 Å². The molecule has 0 aliphatic carbocycles. The summed E-state index contributed by atoms with van der Waals surface area (Å²) in [6, 6.07) is 50.9. The highest BCUT2D eigenvalue weighted by molar-refractivity contribution is 6.21. The van der Waals surface area contributed by atoms with E-state index in [-0.39, 0.29) is 6.17 Å². The summed E-state index contributed by atoms with van der Waals surface area (Å²) >= 11 is 0. The topological polar surface area (TPSA) is 66.8 Å². The lowest BCUT2D eigenvalue weighted by molar-refractivity contribution is 0.532. The predicted molar refractivity (Wildman–Crippen MR) is 204 cm³/mol. The average molecular weight is 646 g/mol. The number of aromatic nitrogens is 1. The number of benzene rings is 6. The fraction of sp³-hybridized carbons (Fsp3) is 0.0455. The highest BCUT2D eigenvalue weighted by Crippen LogP contribution is 2.40. The number of hydrogen-bond acceptors (Lipinski definition) is 5. The molecule has 50 heavy (non-hydrogen) atoms. The van der Waals surface area contributed by atoms with Crippen LogP contribution in [0, 0.1) is 0 Å². The number of nitrogens with zero attached hydrogens (tertiary/aromatic N) is 3. The molecule has 4 heterocycles. The van der Waals surface area contributed by atoms with Crippen LogP contribution in [0.1, 0.15) is 34.2 Å². The zero-order valence-electron chi connectivity index (χ0n) is 27.0. The molecule has 238 valence electrons. The first-order chi connectivity index (χ1) is 24.8. The van der Waals surface area contributed by atoms with Crippen molar-refractivity contribution in [1.82, 2.24) is 15.2 Å². The van der Waals surface area contributed by atoms with Crippen LogP contribution in [0.25, 0.3) is 55.7 Å². The molecule has 0 saturated carbocycles. The van der Waals surface area contributed by atoms with E-state index >= 15 is 0 Å². The third-order valence-corrected chi connectivity index (χ3v) is 9.74. The van der Waals surface area contributed by atoms with Gasteiger partial charge in [0.1, 0.15) is 23.3 Å². The summed E-state index contributed by atoms with van der Waals surface area (Å²) in [5, 5.41) is 10.5. The van der Waals surface area contributed by atoms with Crippen LogP contribution in [-0.2, 0) is 6.54 Å². The zero-order valence-corrected chi connectivity index (χ0v) is 27.0. The van der Waals surface area contributed by atoms with E-state index in [9.17, 15) is 0 Å². The summed E-state index contributed by atoms with van der Waals surface area (Å²) < 4.78 is 8.88. The van der Waals surface area contributed by atoms with Crippen molar-refractivity contribution >= 4 is 50.5 Å². The Hall–Kier alpha value is -6.66. The minimum absolute atomic E-state index is 0.372. The van der Waals surface area contributed by atoms with Gasteiger partial charge >= 0.3 is 0 Å². The van der Waals surface area contributed by atoms with Crippen LogP contribution in [0.3, 0.4) is 0 Å². The molecule has 2 N–H and O–H groups in total. The van der Waals surface area contributed by atoms with Gasteiger partial charge in [0.2, 0.25) is 0 Å². The number of rotatable bonds is 5. The van der Waals surface area contributed by atoms with Crippen molar-refractivity contribution in [3.8, 4) is 16.8 Å². The van der Waals surface area contributed by atoms with Gasteiger partial charge in [-0.15, -0.1) is 0 Å². The molecule has 6 aromatic carbocycles. The number of fused-ring (bicyclic) bond motifs is 6. The molecule has 0 spiro atoms. The van der Waals surface area contributed by atoms with Gasteiger partial charge in [-0.2, -0.15) is 0 Å². The molecule has 2 aromatic heterocycles. The fourth-order valence-electron chi connectivity index (χ4n) is 7.41. The summed E-state index contributed by atoms with van der Waals surface area (Å²) in [5.74, 6) is 2.33. The Morgan fingerprint density at radius 3 is 2.00 bits per heavy atom. The molecule has 6 heteroatoms. The van der Waals surface area contributed by atoms with Gasteiger partial charge < -0.3 is 19.6 Å². The van der Waals surface area contributed by atoms with Gasteiger partial charge in [0, 0.05) is 27.3 Å². The van der Waals surface area contributed by atoms with Crippen LogP contribution in [0.2, 0.25) is 0 Å². The minimum atomic E-state index is -0.372. The summed E-state index contributed by atoms with van der Waals surface area (Å²) in [4.78, 5) is 10.5. The van der Waals surface area contributed by atoms with E-state index in [4.69, 9.17) is 14.4 Å². The van der Waals surface area contributed by atoms with Gasteiger partial charge in [-0.3, -0.25) is 0 Å². The van der Waals surface area contributed by atoms with Crippen LogP contribution >= 0.6 is 0 Å². The quantitative estimate of drug-likeness (QED) is 0.196. The normalized spacial score (nSPS) is 15.4. The van der Waals surface area contributed by atoms with E-state index in [0.717, 1.165) is 67.1 Å². The Bertz CT molecular complexity index is 2610. The fourth-order valence-corrected chi connectivity index (χ4v) is 7.41. The Morgan fingerprint density at radius 1 is 0.640 bits per heavy atom. The number of furan rings is 1. The second-order valence-electron chi connectivity index (χ2n) is 12.7. The van der Waals surface area contributed by atoms with Crippen molar-refractivity contribution in [3.05, 3.63) is 180 Å². The van der Waals surface area contributed by atoms with E-state index in [1.54, 1.807) is 0 Å². The number of nitrogens with one attached hydrogen (secondary N) is 2. The third-order valence-electron chi connectivity index (χ3n) is 9.74. The molecule has 10 rings (SSSR count). The van der Waals surface area contributed by atoms with Crippen molar-refractivity contribution in [2.45, 2.75) is 12.7 Å². The molecule has 0 amide bonds. The second-order valence-corrected chi connectivity index (χ2v) is 12.7. The summed E-state index contributed by atoms with van der Waals surface area (Å²) in [5.41, 5.74) is 10.5. The number of aliphatic imine (C=N–C) groups is 2. The number of amidine groups is 2. The Balaban J connectivity index is 1.22. The predicted octanol–water partition coefficient (Wildman–Crippen LogP) is 9.77. The monoisotopic (exact) mass is 645 g/mol. The maximum Gasteiger partial charge on any atom is 0.159 e. The van der Waals surface area contributed by atoms with E-state index in [1.165, 1.54) is 16.3 Å². The van der Waals surface area contributed by atoms with E-state index < -0.39 is 0 Å². The molecule has 2 aliphatic heterocycles. The molecule has 2 aliphatic rings. The average Bonchev–Trinajstić information content (AvgIpc) is 3.74. The second kappa shape index (κ2) is 11.5. The standard InChI is InChI=1S/C44H31N5O/c1-3-11-28(12-4-1)29-19-21-31(22-20-29)43-46-42(30-13-5-2-6-14-30)47-44(48-43)41-37(23-24-38-40(41)34-25-26-45-27-39(34)50-38)49-35-17-9-7-15-32(35)33-16-8-10-18-36(33)49/h1-26,43,45H,27H2,(H,46,47,48). The molecule has 0 saturated heterocycles. The number of hydrogen-bond donors (Lipinski definition) is 2. The lowest BCUT2D eigenvalue weighted by Crippen LogP contribution is -2.34. The SMILES string of the molecule is C1=Cc2c(oc3ccc(-n4c5ccccc5c5ccccc54)c(C4=NC(c5ccccc5)=NC(c5ccc(-c6ccccc6)cc5)N4)c23)CN1. The van der Waals surface area contributed by atoms with Crippen molar-refractivity contribution in [2.75, 3.05) is 0 Å². The smallest absolute Gasteiger partial charge is 0.159 e. The molecule has 0 bridgehead atoms. The first kappa shape index (κ1) is 28.4. The molecule has 6 nitrogen and oxygen atoms in total. The van der Waals surface area contributed by atoms with Crippen molar-refractivity contribution in [2.24, 2.45) is 9.98 Å². The van der Waals surface area contributed by atoms with Crippen LogP contribution in [-0.4, -0.2) is 16.2 Å². The van der Waals surface area contributed by atoms with Crippen molar-refractivity contribution in [1.29, 1.82) is 0 Å². The Morgan fingerprint density at radius 2 is 1.28 bits per heavy atom. The van der Waals surface area contributed by atoms with Crippen molar-refractivity contribution in [3.63, 3.8) is 0 Å². The zero-order chi connectivity index (χ0) is 33.0. The van der Waals surface area contributed by atoms with Gasteiger partial charge in [-0.25, -0.2) is 9.98 Å². The number of para-hydroxylation sites is 2.